The van der Waals surface area contributed by atoms with E-state index >= 15 is 0 Å². The lowest BCUT2D eigenvalue weighted by Gasteiger charge is -2.12. The van der Waals surface area contributed by atoms with Crippen molar-refractivity contribution >= 4 is 48.9 Å². The summed E-state index contributed by atoms with van der Waals surface area (Å²) in [7, 11) is 0. The van der Waals surface area contributed by atoms with Gasteiger partial charge in [0.05, 0.1) is 27.7 Å². The topological polar surface area (TPSA) is 50.9 Å². The molecule has 0 aliphatic carbocycles. The van der Waals surface area contributed by atoms with Crippen LogP contribution in [0.3, 0.4) is 0 Å². The second kappa shape index (κ2) is 5.06. The number of rotatable bonds is 2. The average molecular weight is 357 g/mol. The monoisotopic (exact) mass is 355 g/mol. The number of hydrogen-bond acceptors (Lipinski definition) is 3. The molecule has 0 radical (unpaired) electrons. The van der Waals surface area contributed by atoms with Gasteiger partial charge in [0.2, 0.25) is 0 Å². The molecule has 0 unspecified atom stereocenters. The Bertz CT molecular complexity index is 535. The lowest BCUT2D eigenvalue weighted by Crippen LogP contribution is -1.99. The van der Waals surface area contributed by atoms with Crippen molar-refractivity contribution in [2.75, 3.05) is 11.1 Å². The maximum absolute atomic E-state index is 5.89. The fourth-order valence-electron chi connectivity index (χ4n) is 1.45. The predicted molar refractivity (Wildman–Crippen MR) is 78.5 cm³/mol. The number of nitrogens with zero attached hydrogens (tertiary/aromatic N) is 1. The molecule has 2 aromatic rings. The van der Waals surface area contributed by atoms with Crippen LogP contribution in [0.4, 0.5) is 17.1 Å². The molecule has 0 atom stereocenters. The molecule has 0 aliphatic rings. The zero-order valence-corrected chi connectivity index (χ0v) is 12.3. The van der Waals surface area contributed by atoms with Gasteiger partial charge in [0.25, 0.3) is 0 Å². The number of anilines is 3. The van der Waals surface area contributed by atoms with Gasteiger partial charge in [0.1, 0.15) is 0 Å². The average Bonchev–Trinajstić information content (AvgIpc) is 2.28. The molecule has 0 fully saturated rings. The van der Waals surface area contributed by atoms with Gasteiger partial charge in [-0.15, -0.1) is 0 Å². The number of aromatic nitrogens is 1. The molecule has 88 valence electrons. The van der Waals surface area contributed by atoms with E-state index in [0.717, 1.165) is 20.3 Å². The van der Waals surface area contributed by atoms with Gasteiger partial charge >= 0.3 is 0 Å². The highest BCUT2D eigenvalue weighted by Gasteiger charge is 2.07. The quantitative estimate of drug-likeness (QED) is 0.846. The summed E-state index contributed by atoms with van der Waals surface area (Å²) in [4.78, 5) is 4.00. The Morgan fingerprint density at radius 1 is 1.18 bits per heavy atom. The first kappa shape index (κ1) is 12.4. The Kier molecular flexibility index (Phi) is 3.69. The van der Waals surface area contributed by atoms with Gasteiger partial charge in [-0.05, 0) is 56.5 Å². The van der Waals surface area contributed by atoms with Gasteiger partial charge in [-0.2, -0.15) is 0 Å². The lowest BCUT2D eigenvalue weighted by molar-refractivity contribution is 1.30. The molecular formula is C12H11Br2N3. The van der Waals surface area contributed by atoms with Crippen LogP contribution in [-0.4, -0.2) is 4.98 Å². The summed E-state index contributed by atoms with van der Waals surface area (Å²) in [6, 6.07) is 6.10. The molecular weight excluding hydrogens is 346 g/mol. The van der Waals surface area contributed by atoms with Crippen LogP contribution in [0.5, 0.6) is 0 Å². The van der Waals surface area contributed by atoms with Gasteiger partial charge in [0, 0.05) is 10.7 Å². The van der Waals surface area contributed by atoms with Crippen molar-refractivity contribution in [3.05, 3.63) is 45.1 Å². The molecule has 1 heterocycles. The molecule has 1 aromatic heterocycles. The molecule has 3 nitrogen and oxygen atoms in total. The lowest BCUT2D eigenvalue weighted by atomic mass is 10.2. The van der Waals surface area contributed by atoms with E-state index in [4.69, 9.17) is 5.73 Å². The first-order valence-corrected chi connectivity index (χ1v) is 6.58. The van der Waals surface area contributed by atoms with Crippen molar-refractivity contribution in [1.82, 2.24) is 4.98 Å². The number of nitrogen functional groups attached to an aromatic ring is 1. The van der Waals surface area contributed by atoms with E-state index in [0.29, 0.717) is 5.69 Å². The second-order valence-corrected chi connectivity index (χ2v) is 5.40. The standard InChI is InChI=1S/C12H11Br2N3/c1-7-2-3-8(13)11(4-7)17-12-9(14)5-16-6-10(12)15/h2-6H,15H2,1H3,(H,16,17). The smallest absolute Gasteiger partial charge is 0.0794 e. The third-order valence-electron chi connectivity index (χ3n) is 2.31. The number of hydrogen-bond donors (Lipinski definition) is 2. The third kappa shape index (κ3) is 2.79. The molecule has 0 bridgehead atoms. The van der Waals surface area contributed by atoms with Crippen molar-refractivity contribution in [2.45, 2.75) is 6.92 Å². The Balaban J connectivity index is 2.41. The number of nitrogens with one attached hydrogen (secondary N) is 1. The molecule has 2 rings (SSSR count). The molecule has 0 spiro atoms. The van der Waals surface area contributed by atoms with Crippen molar-refractivity contribution < 1.29 is 0 Å². The van der Waals surface area contributed by atoms with Gasteiger partial charge in [-0.25, -0.2) is 0 Å². The molecule has 0 saturated heterocycles. The van der Waals surface area contributed by atoms with Gasteiger partial charge in [-0.3, -0.25) is 4.98 Å². The summed E-state index contributed by atoms with van der Waals surface area (Å²) in [6.07, 6.45) is 3.33. The summed E-state index contributed by atoms with van der Waals surface area (Å²) in [5, 5.41) is 3.29. The molecule has 0 amide bonds. The normalized spacial score (nSPS) is 10.3. The van der Waals surface area contributed by atoms with E-state index < -0.39 is 0 Å². The second-order valence-electron chi connectivity index (χ2n) is 3.69. The Morgan fingerprint density at radius 2 is 1.94 bits per heavy atom. The van der Waals surface area contributed by atoms with Gasteiger partial charge in [0.15, 0.2) is 0 Å². The molecule has 17 heavy (non-hydrogen) atoms. The Labute approximate surface area is 117 Å². The molecule has 0 saturated carbocycles. The first-order chi connectivity index (χ1) is 8.08. The van der Waals surface area contributed by atoms with E-state index in [1.807, 2.05) is 19.1 Å². The molecule has 1 aromatic carbocycles. The van der Waals surface area contributed by atoms with Crippen molar-refractivity contribution in [3.8, 4) is 0 Å². The van der Waals surface area contributed by atoms with E-state index in [9.17, 15) is 0 Å². The summed E-state index contributed by atoms with van der Waals surface area (Å²) >= 11 is 6.93. The number of halogens is 2. The predicted octanol–water partition coefficient (Wildman–Crippen LogP) is 4.24. The zero-order valence-electron chi connectivity index (χ0n) is 9.17. The largest absolute Gasteiger partial charge is 0.396 e. The summed E-state index contributed by atoms with van der Waals surface area (Å²) in [6.45, 7) is 2.04. The number of aryl methyl sites for hydroxylation is 1. The fourth-order valence-corrected chi connectivity index (χ4v) is 2.24. The van der Waals surface area contributed by atoms with Crippen LogP contribution in [0.25, 0.3) is 0 Å². The van der Waals surface area contributed by atoms with E-state index in [-0.39, 0.29) is 0 Å². The minimum absolute atomic E-state index is 0.604. The van der Waals surface area contributed by atoms with E-state index in [1.54, 1.807) is 12.4 Å². The first-order valence-electron chi connectivity index (χ1n) is 5.00. The summed E-state index contributed by atoms with van der Waals surface area (Å²) < 4.78 is 1.83. The highest BCUT2D eigenvalue weighted by molar-refractivity contribution is 9.11. The van der Waals surface area contributed by atoms with Crippen LogP contribution in [0.2, 0.25) is 0 Å². The van der Waals surface area contributed by atoms with Crippen LogP contribution in [0.1, 0.15) is 5.56 Å². The maximum Gasteiger partial charge on any atom is 0.0794 e. The number of pyridine rings is 1. The number of nitrogens with two attached hydrogens (primary N) is 1. The van der Waals surface area contributed by atoms with Crippen LogP contribution in [-0.2, 0) is 0 Å². The van der Waals surface area contributed by atoms with Crippen LogP contribution >= 0.6 is 31.9 Å². The zero-order chi connectivity index (χ0) is 12.4. The Hall–Kier alpha value is -1.07. The Morgan fingerprint density at radius 3 is 2.65 bits per heavy atom. The van der Waals surface area contributed by atoms with E-state index in [1.165, 1.54) is 5.56 Å². The van der Waals surface area contributed by atoms with Crippen LogP contribution < -0.4 is 11.1 Å². The van der Waals surface area contributed by atoms with Crippen molar-refractivity contribution in [3.63, 3.8) is 0 Å². The third-order valence-corrected chi connectivity index (χ3v) is 3.60. The highest BCUT2D eigenvalue weighted by atomic mass is 79.9. The number of benzene rings is 1. The van der Waals surface area contributed by atoms with Gasteiger partial charge in [-0.1, -0.05) is 6.07 Å². The minimum atomic E-state index is 0.604. The SMILES string of the molecule is Cc1ccc(Br)c(Nc2c(N)cncc2Br)c1. The van der Waals surface area contributed by atoms with E-state index in [2.05, 4.69) is 48.2 Å². The summed E-state index contributed by atoms with van der Waals surface area (Å²) in [5.41, 5.74) is 9.47. The van der Waals surface area contributed by atoms with Crippen molar-refractivity contribution in [2.24, 2.45) is 0 Å². The van der Waals surface area contributed by atoms with Gasteiger partial charge < -0.3 is 11.1 Å². The summed E-state index contributed by atoms with van der Waals surface area (Å²) in [5.74, 6) is 0. The molecule has 5 heteroatoms. The fraction of sp³-hybridized carbons (Fsp3) is 0.0833. The van der Waals surface area contributed by atoms with Crippen LogP contribution in [0.15, 0.2) is 39.5 Å². The van der Waals surface area contributed by atoms with Crippen molar-refractivity contribution in [1.29, 1.82) is 0 Å². The maximum atomic E-state index is 5.89. The van der Waals surface area contributed by atoms with Crippen LogP contribution in [0, 0.1) is 6.92 Å². The molecule has 0 aliphatic heterocycles. The highest BCUT2D eigenvalue weighted by Crippen LogP contribution is 2.33. The molecule has 3 N–H and O–H groups in total. The minimum Gasteiger partial charge on any atom is -0.396 e.